The van der Waals surface area contributed by atoms with E-state index >= 15 is 4.39 Å². The van der Waals surface area contributed by atoms with E-state index in [1.54, 1.807) is 18.2 Å². The Hall–Kier alpha value is -3.07. The second-order valence-electron chi connectivity index (χ2n) is 12.9. The standard InChI is InChI=1S/C33H38ClFN4O3/c1-33(2)12-11-23(27(18-33)21-3-6-25(34)7-4-21)19-37-13-15-38(16-14-37)30(35)22-5-8-26-24(17-22)20-39(32(26)42)28-9-10-29(40)36-31(28)41/h3-8,17,28,30H,9-16,18-20H2,1-2H3,(H,36,40,41). The number of hydrogen-bond acceptors (Lipinski definition) is 5. The van der Waals surface area contributed by atoms with E-state index in [9.17, 15) is 14.4 Å². The van der Waals surface area contributed by atoms with Crippen LogP contribution < -0.4 is 5.32 Å². The van der Waals surface area contributed by atoms with Crippen molar-refractivity contribution in [2.24, 2.45) is 5.41 Å². The van der Waals surface area contributed by atoms with Crippen LogP contribution in [0.2, 0.25) is 5.02 Å². The Morgan fingerprint density at radius 2 is 1.76 bits per heavy atom. The fraction of sp³-hybridized carbons (Fsp3) is 0.485. The summed E-state index contributed by atoms with van der Waals surface area (Å²) in [5.41, 5.74) is 6.17. The lowest BCUT2D eigenvalue weighted by molar-refractivity contribution is -0.136. The molecular weight excluding hydrogens is 555 g/mol. The first kappa shape index (κ1) is 29.0. The van der Waals surface area contributed by atoms with Gasteiger partial charge in [-0.25, -0.2) is 4.39 Å². The molecule has 0 aromatic heterocycles. The molecule has 3 amide bonds. The Bertz CT molecular complexity index is 1430. The van der Waals surface area contributed by atoms with Gasteiger partial charge in [-0.15, -0.1) is 0 Å². The maximum atomic E-state index is 15.8. The number of carbonyl (C=O) groups excluding carboxylic acids is 3. The van der Waals surface area contributed by atoms with E-state index in [0.29, 0.717) is 30.6 Å². The number of piperidine rings is 1. The Kier molecular flexibility index (Phi) is 7.98. The van der Waals surface area contributed by atoms with E-state index in [0.717, 1.165) is 49.5 Å². The van der Waals surface area contributed by atoms with Crippen molar-refractivity contribution in [2.75, 3.05) is 32.7 Å². The number of nitrogens with zero attached hydrogens (tertiary/aromatic N) is 3. The van der Waals surface area contributed by atoms with Crippen LogP contribution in [0.25, 0.3) is 5.57 Å². The quantitative estimate of drug-likeness (QED) is 0.362. The monoisotopic (exact) mass is 592 g/mol. The number of hydrogen-bond donors (Lipinski definition) is 1. The van der Waals surface area contributed by atoms with Crippen molar-refractivity contribution >= 4 is 34.9 Å². The lowest BCUT2D eigenvalue weighted by atomic mass is 9.72. The minimum Gasteiger partial charge on any atom is -0.322 e. The van der Waals surface area contributed by atoms with Crippen molar-refractivity contribution in [2.45, 2.75) is 64.8 Å². The summed E-state index contributed by atoms with van der Waals surface area (Å²) in [6.45, 7) is 8.62. The maximum Gasteiger partial charge on any atom is 0.255 e. The van der Waals surface area contributed by atoms with Crippen molar-refractivity contribution in [1.29, 1.82) is 0 Å². The van der Waals surface area contributed by atoms with E-state index in [2.05, 4.69) is 36.2 Å². The van der Waals surface area contributed by atoms with E-state index in [1.165, 1.54) is 21.6 Å². The van der Waals surface area contributed by atoms with Crippen LogP contribution in [0.15, 0.2) is 48.0 Å². The summed E-state index contributed by atoms with van der Waals surface area (Å²) in [7, 11) is 0. The largest absolute Gasteiger partial charge is 0.322 e. The Labute approximate surface area is 251 Å². The zero-order valence-corrected chi connectivity index (χ0v) is 25.1. The molecule has 2 aromatic carbocycles. The molecule has 2 fully saturated rings. The van der Waals surface area contributed by atoms with Crippen LogP contribution >= 0.6 is 11.6 Å². The SMILES string of the molecule is CC1(C)CCC(CN2CCN(C(F)c3ccc4c(c3)CN(C3CCC(=O)NC3=O)C4=O)CC2)=C(c2ccc(Cl)cc2)C1. The summed E-state index contributed by atoms with van der Waals surface area (Å²) in [6, 6.07) is 12.6. The number of allylic oxidation sites excluding steroid dienone is 1. The molecule has 3 aliphatic heterocycles. The van der Waals surface area contributed by atoms with Gasteiger partial charge >= 0.3 is 0 Å². The highest BCUT2D eigenvalue weighted by atomic mass is 35.5. The summed E-state index contributed by atoms with van der Waals surface area (Å²) >= 11 is 6.16. The predicted molar refractivity (Wildman–Crippen MR) is 160 cm³/mol. The molecule has 2 saturated heterocycles. The van der Waals surface area contributed by atoms with Crippen LogP contribution in [0.4, 0.5) is 4.39 Å². The summed E-state index contributed by atoms with van der Waals surface area (Å²) in [5, 5.41) is 3.07. The van der Waals surface area contributed by atoms with Crippen LogP contribution in [-0.2, 0) is 16.1 Å². The number of alkyl halides is 1. The molecule has 9 heteroatoms. The highest BCUT2D eigenvalue weighted by Crippen LogP contribution is 2.43. The molecule has 1 aliphatic carbocycles. The number of amides is 3. The molecule has 0 bridgehead atoms. The molecule has 42 heavy (non-hydrogen) atoms. The van der Waals surface area contributed by atoms with Crippen LogP contribution in [0.3, 0.4) is 0 Å². The first-order chi connectivity index (χ1) is 20.1. The molecule has 7 nitrogen and oxygen atoms in total. The van der Waals surface area contributed by atoms with Gasteiger partial charge in [0.05, 0.1) is 0 Å². The minimum absolute atomic E-state index is 0.206. The van der Waals surface area contributed by atoms with Gasteiger partial charge in [-0.05, 0) is 72.1 Å². The summed E-state index contributed by atoms with van der Waals surface area (Å²) in [6.07, 6.45) is 2.52. The van der Waals surface area contributed by atoms with E-state index < -0.39 is 18.2 Å². The van der Waals surface area contributed by atoms with Crippen molar-refractivity contribution in [3.8, 4) is 0 Å². The zero-order chi connectivity index (χ0) is 29.6. The normalized spacial score (nSPS) is 24.1. The van der Waals surface area contributed by atoms with Gasteiger partial charge < -0.3 is 4.90 Å². The minimum atomic E-state index is -1.27. The fourth-order valence-corrected chi connectivity index (χ4v) is 6.96. The molecule has 2 unspecified atom stereocenters. The Balaban J connectivity index is 1.09. The molecule has 0 spiro atoms. The highest BCUT2D eigenvalue weighted by molar-refractivity contribution is 6.30. The number of carbonyl (C=O) groups is 3. The third-order valence-corrected chi connectivity index (χ3v) is 9.59. The summed E-state index contributed by atoms with van der Waals surface area (Å²) in [5.74, 6) is -1.00. The fourth-order valence-electron chi connectivity index (χ4n) is 6.84. The predicted octanol–water partition coefficient (Wildman–Crippen LogP) is 5.35. The van der Waals surface area contributed by atoms with Crippen molar-refractivity contribution in [3.05, 3.63) is 75.3 Å². The van der Waals surface area contributed by atoms with Gasteiger partial charge in [0.25, 0.3) is 5.91 Å². The van der Waals surface area contributed by atoms with Gasteiger partial charge in [0.2, 0.25) is 11.8 Å². The van der Waals surface area contributed by atoms with Gasteiger partial charge in [0.15, 0.2) is 6.30 Å². The first-order valence-electron chi connectivity index (χ1n) is 14.9. The van der Waals surface area contributed by atoms with Crippen LogP contribution in [0.5, 0.6) is 0 Å². The van der Waals surface area contributed by atoms with Crippen LogP contribution in [0, 0.1) is 5.41 Å². The number of piperazine rings is 1. The first-order valence-corrected chi connectivity index (χ1v) is 15.3. The van der Waals surface area contributed by atoms with Crippen LogP contribution in [-0.4, -0.2) is 71.2 Å². The number of benzene rings is 2. The second-order valence-corrected chi connectivity index (χ2v) is 13.3. The second kappa shape index (κ2) is 11.5. The number of halogens is 2. The molecule has 3 heterocycles. The van der Waals surface area contributed by atoms with Crippen molar-refractivity contribution < 1.29 is 18.8 Å². The summed E-state index contributed by atoms with van der Waals surface area (Å²) < 4.78 is 15.8. The molecule has 1 N–H and O–H groups in total. The molecule has 4 aliphatic rings. The Morgan fingerprint density at radius 1 is 1.02 bits per heavy atom. The lowest BCUT2D eigenvalue weighted by Gasteiger charge is -2.39. The number of fused-ring (bicyclic) bond motifs is 1. The average molecular weight is 593 g/mol. The third-order valence-electron chi connectivity index (χ3n) is 9.34. The maximum absolute atomic E-state index is 15.8. The smallest absolute Gasteiger partial charge is 0.255 e. The van der Waals surface area contributed by atoms with E-state index in [4.69, 9.17) is 11.6 Å². The lowest BCUT2D eigenvalue weighted by Crippen LogP contribution is -2.52. The van der Waals surface area contributed by atoms with Gasteiger partial charge in [-0.3, -0.25) is 29.5 Å². The highest BCUT2D eigenvalue weighted by Gasteiger charge is 2.39. The zero-order valence-electron chi connectivity index (χ0n) is 24.3. The molecule has 6 rings (SSSR count). The number of nitrogens with one attached hydrogen (secondary N) is 1. The van der Waals surface area contributed by atoms with Gasteiger partial charge in [-0.2, -0.15) is 0 Å². The number of imide groups is 1. The summed E-state index contributed by atoms with van der Waals surface area (Å²) in [4.78, 5) is 42.7. The Morgan fingerprint density at radius 3 is 2.48 bits per heavy atom. The van der Waals surface area contributed by atoms with Crippen molar-refractivity contribution in [3.63, 3.8) is 0 Å². The number of rotatable bonds is 6. The molecule has 2 atom stereocenters. The molecular formula is C33H38ClFN4O3. The van der Waals surface area contributed by atoms with Crippen molar-refractivity contribution in [1.82, 2.24) is 20.0 Å². The topological polar surface area (TPSA) is 73.0 Å². The van der Waals surface area contributed by atoms with Gasteiger partial charge in [0.1, 0.15) is 6.04 Å². The van der Waals surface area contributed by atoms with Gasteiger partial charge in [0, 0.05) is 61.8 Å². The third kappa shape index (κ3) is 5.90. The van der Waals surface area contributed by atoms with E-state index in [1.807, 2.05) is 17.0 Å². The molecule has 0 radical (unpaired) electrons. The van der Waals surface area contributed by atoms with E-state index in [-0.39, 0.29) is 30.2 Å². The molecule has 222 valence electrons. The van der Waals surface area contributed by atoms with Crippen LogP contribution in [0.1, 0.15) is 79.3 Å². The molecule has 0 saturated carbocycles. The van der Waals surface area contributed by atoms with Gasteiger partial charge in [-0.1, -0.05) is 49.2 Å². The average Bonchev–Trinajstić information content (AvgIpc) is 3.29. The molecule has 2 aromatic rings.